The summed E-state index contributed by atoms with van der Waals surface area (Å²) in [5.41, 5.74) is 1.90. The highest BCUT2D eigenvalue weighted by Crippen LogP contribution is 2.33. The molecule has 2 aromatic rings. The second-order valence-electron chi connectivity index (χ2n) is 7.83. The highest BCUT2D eigenvalue weighted by atomic mass is 16.5. The summed E-state index contributed by atoms with van der Waals surface area (Å²) in [5, 5.41) is 6.15. The zero-order chi connectivity index (χ0) is 19.2. The van der Waals surface area contributed by atoms with Crippen molar-refractivity contribution < 1.29 is 9.53 Å². The van der Waals surface area contributed by atoms with Crippen molar-refractivity contribution >= 4 is 11.7 Å². The van der Waals surface area contributed by atoms with Crippen molar-refractivity contribution in [3.8, 4) is 5.69 Å². The maximum atomic E-state index is 12.6. The van der Waals surface area contributed by atoms with E-state index < -0.39 is 0 Å². The number of benzene rings is 1. The lowest BCUT2D eigenvalue weighted by molar-refractivity contribution is -0.0356. The summed E-state index contributed by atoms with van der Waals surface area (Å²) in [7, 11) is 0. The van der Waals surface area contributed by atoms with E-state index in [4.69, 9.17) is 4.74 Å². The average molecular weight is 383 g/mol. The van der Waals surface area contributed by atoms with Gasteiger partial charge in [0.15, 0.2) is 0 Å². The fraction of sp³-hybridized carbons (Fsp3) is 0.500. The number of nitrogens with one attached hydrogen (secondary N) is 2. The van der Waals surface area contributed by atoms with Gasteiger partial charge in [-0.15, -0.1) is 0 Å². The number of ether oxygens (including phenoxy) is 1. The van der Waals surface area contributed by atoms with Crippen LogP contribution in [0.3, 0.4) is 0 Å². The third-order valence-corrected chi connectivity index (χ3v) is 6.05. The first-order valence-corrected chi connectivity index (χ1v) is 10.4. The van der Waals surface area contributed by atoms with Gasteiger partial charge in [-0.05, 0) is 43.2 Å². The zero-order valence-corrected chi connectivity index (χ0v) is 16.4. The normalized spacial score (nSPS) is 19.9. The monoisotopic (exact) mass is 382 g/mol. The molecule has 28 heavy (non-hydrogen) atoms. The molecule has 0 atom stereocenters. The smallest absolute Gasteiger partial charge is 0.319 e. The number of carbonyl (C=O) groups excluding carboxylic acids is 1. The molecule has 2 heterocycles. The molecule has 2 N–H and O–H groups in total. The molecular formula is C22H30N4O2. The second kappa shape index (κ2) is 8.80. The molecular weight excluding hydrogens is 352 g/mol. The number of amides is 2. The van der Waals surface area contributed by atoms with Crippen molar-refractivity contribution in [3.63, 3.8) is 0 Å². The van der Waals surface area contributed by atoms with Crippen LogP contribution in [0.5, 0.6) is 0 Å². The molecule has 2 fully saturated rings. The molecule has 2 aliphatic rings. The number of carbonyl (C=O) groups is 1. The van der Waals surface area contributed by atoms with E-state index in [0.29, 0.717) is 6.54 Å². The Labute approximate surface area is 166 Å². The molecule has 1 aromatic carbocycles. The summed E-state index contributed by atoms with van der Waals surface area (Å²) in [6.45, 7) is 4.20. The summed E-state index contributed by atoms with van der Waals surface area (Å²) in [6.07, 6.45) is 10.1. The lowest BCUT2D eigenvalue weighted by Crippen LogP contribution is -2.60. The quantitative estimate of drug-likeness (QED) is 0.830. The lowest BCUT2D eigenvalue weighted by atomic mass is 9.80. The van der Waals surface area contributed by atoms with Gasteiger partial charge in [-0.2, -0.15) is 0 Å². The summed E-state index contributed by atoms with van der Waals surface area (Å²) < 4.78 is 7.56. The van der Waals surface area contributed by atoms with Crippen LogP contribution in [0.4, 0.5) is 10.5 Å². The Kier molecular flexibility index (Phi) is 5.98. The van der Waals surface area contributed by atoms with Gasteiger partial charge in [0.05, 0.1) is 13.2 Å². The van der Waals surface area contributed by atoms with E-state index in [9.17, 15) is 4.79 Å². The molecule has 0 radical (unpaired) electrons. The predicted molar refractivity (Wildman–Crippen MR) is 111 cm³/mol. The van der Waals surface area contributed by atoms with Crippen LogP contribution in [0.15, 0.2) is 48.8 Å². The van der Waals surface area contributed by atoms with Crippen molar-refractivity contribution in [2.75, 3.05) is 38.2 Å². The SMILES string of the molecule is O=C(NCC1(N2CCOCC2)CCCCC1)Nc1cccc(-n2cccc2)c1. The Balaban J connectivity index is 1.38. The van der Waals surface area contributed by atoms with Crippen LogP contribution < -0.4 is 10.6 Å². The van der Waals surface area contributed by atoms with Gasteiger partial charge in [-0.1, -0.05) is 25.3 Å². The van der Waals surface area contributed by atoms with Gasteiger partial charge in [-0.25, -0.2) is 4.79 Å². The van der Waals surface area contributed by atoms with E-state index in [1.807, 2.05) is 53.4 Å². The number of aromatic nitrogens is 1. The van der Waals surface area contributed by atoms with Crippen LogP contribution in [-0.2, 0) is 4.74 Å². The third-order valence-electron chi connectivity index (χ3n) is 6.05. The molecule has 1 aromatic heterocycles. The summed E-state index contributed by atoms with van der Waals surface area (Å²) in [6, 6.07) is 11.7. The van der Waals surface area contributed by atoms with Crippen LogP contribution in [0, 0.1) is 0 Å². The summed E-state index contributed by atoms with van der Waals surface area (Å²) in [4.78, 5) is 15.1. The number of urea groups is 1. The number of hydrogen-bond acceptors (Lipinski definition) is 3. The number of hydrogen-bond donors (Lipinski definition) is 2. The molecule has 2 amide bonds. The molecule has 6 nitrogen and oxygen atoms in total. The molecule has 1 saturated carbocycles. The Morgan fingerprint density at radius 1 is 1.04 bits per heavy atom. The van der Waals surface area contributed by atoms with Gasteiger partial charge in [-0.3, -0.25) is 4.90 Å². The maximum Gasteiger partial charge on any atom is 0.319 e. The van der Waals surface area contributed by atoms with E-state index in [0.717, 1.165) is 50.5 Å². The lowest BCUT2D eigenvalue weighted by Gasteiger charge is -2.48. The van der Waals surface area contributed by atoms with Crippen molar-refractivity contribution in [3.05, 3.63) is 48.8 Å². The molecule has 150 valence electrons. The fourth-order valence-electron chi connectivity index (χ4n) is 4.52. The minimum absolute atomic E-state index is 0.0758. The Morgan fingerprint density at radius 3 is 2.54 bits per heavy atom. The Hall–Kier alpha value is -2.31. The largest absolute Gasteiger partial charge is 0.379 e. The summed E-state index contributed by atoms with van der Waals surface area (Å²) >= 11 is 0. The van der Waals surface area contributed by atoms with E-state index in [-0.39, 0.29) is 11.6 Å². The van der Waals surface area contributed by atoms with Crippen LogP contribution in [0.1, 0.15) is 32.1 Å². The third kappa shape index (κ3) is 4.39. The first-order chi connectivity index (χ1) is 13.8. The van der Waals surface area contributed by atoms with Crippen molar-refractivity contribution in [1.29, 1.82) is 0 Å². The van der Waals surface area contributed by atoms with Crippen molar-refractivity contribution in [2.45, 2.75) is 37.6 Å². The first kappa shape index (κ1) is 19.0. The van der Waals surface area contributed by atoms with Gasteiger partial charge < -0.3 is 19.9 Å². The van der Waals surface area contributed by atoms with Crippen LogP contribution in [0.2, 0.25) is 0 Å². The molecule has 0 spiro atoms. The average Bonchev–Trinajstić information content (AvgIpc) is 3.29. The molecule has 0 bridgehead atoms. The molecule has 6 heteroatoms. The van der Waals surface area contributed by atoms with E-state index in [2.05, 4.69) is 15.5 Å². The zero-order valence-electron chi connectivity index (χ0n) is 16.4. The van der Waals surface area contributed by atoms with Crippen molar-refractivity contribution in [1.82, 2.24) is 14.8 Å². The van der Waals surface area contributed by atoms with Gasteiger partial charge >= 0.3 is 6.03 Å². The highest BCUT2D eigenvalue weighted by molar-refractivity contribution is 5.89. The molecule has 1 aliphatic heterocycles. The van der Waals surface area contributed by atoms with Gasteiger partial charge in [0.2, 0.25) is 0 Å². The number of anilines is 1. The molecule has 4 rings (SSSR count). The van der Waals surface area contributed by atoms with Gasteiger partial charge in [0.1, 0.15) is 0 Å². The Morgan fingerprint density at radius 2 is 1.79 bits per heavy atom. The maximum absolute atomic E-state index is 12.6. The fourth-order valence-corrected chi connectivity index (χ4v) is 4.52. The number of rotatable bonds is 5. The van der Waals surface area contributed by atoms with E-state index in [1.54, 1.807) is 0 Å². The van der Waals surface area contributed by atoms with Gasteiger partial charge in [0, 0.05) is 48.9 Å². The van der Waals surface area contributed by atoms with E-state index in [1.165, 1.54) is 19.3 Å². The number of nitrogens with zero attached hydrogens (tertiary/aromatic N) is 2. The van der Waals surface area contributed by atoms with Crippen molar-refractivity contribution in [2.24, 2.45) is 0 Å². The molecule has 1 saturated heterocycles. The topological polar surface area (TPSA) is 58.5 Å². The minimum Gasteiger partial charge on any atom is -0.379 e. The van der Waals surface area contributed by atoms with E-state index >= 15 is 0 Å². The van der Waals surface area contributed by atoms with Crippen LogP contribution >= 0.6 is 0 Å². The highest BCUT2D eigenvalue weighted by Gasteiger charge is 2.38. The van der Waals surface area contributed by atoms with Crippen LogP contribution in [0.25, 0.3) is 5.69 Å². The van der Waals surface area contributed by atoms with Crippen LogP contribution in [-0.4, -0.2) is 53.9 Å². The number of morpholine rings is 1. The second-order valence-corrected chi connectivity index (χ2v) is 7.83. The molecule has 1 aliphatic carbocycles. The minimum atomic E-state index is -0.136. The standard InChI is InChI=1S/C22H30N4O2/c27-21(24-19-7-6-8-20(17-19)25-11-4-5-12-25)23-18-22(9-2-1-3-10-22)26-13-15-28-16-14-26/h4-8,11-12,17H,1-3,9-10,13-16,18H2,(H2,23,24,27). The molecule has 0 unspecified atom stereocenters. The summed E-state index contributed by atoms with van der Waals surface area (Å²) in [5.74, 6) is 0. The predicted octanol–water partition coefficient (Wildman–Crippen LogP) is 3.63. The van der Waals surface area contributed by atoms with Gasteiger partial charge in [0.25, 0.3) is 0 Å². The first-order valence-electron chi connectivity index (χ1n) is 10.4. The Bertz CT molecular complexity index is 763.